The number of nitrogens with one attached hydrogen (secondary N) is 1. The van der Waals surface area contributed by atoms with Crippen molar-refractivity contribution in [1.82, 2.24) is 15.0 Å². The number of rotatable bonds is 4. The third-order valence-corrected chi connectivity index (χ3v) is 2.57. The zero-order chi connectivity index (χ0) is 12.3. The molecule has 5 heteroatoms. The lowest BCUT2D eigenvalue weighted by molar-refractivity contribution is 0.525. The molecular weight excluding hydrogens is 214 g/mol. The van der Waals surface area contributed by atoms with E-state index in [1.807, 2.05) is 12.1 Å². The smallest absolute Gasteiger partial charge is 0.180 e. The molecule has 2 rings (SSSR count). The maximum Gasteiger partial charge on any atom is 0.180 e. The maximum absolute atomic E-state index is 5.58. The number of pyridine rings is 1. The summed E-state index contributed by atoms with van der Waals surface area (Å²) in [4.78, 5) is 12.8. The quantitative estimate of drug-likeness (QED) is 0.835. The first-order valence-corrected chi connectivity index (χ1v) is 5.67. The van der Waals surface area contributed by atoms with Gasteiger partial charge in [-0.3, -0.25) is 4.98 Å². The summed E-state index contributed by atoms with van der Waals surface area (Å²) in [6, 6.07) is 3.82. The van der Waals surface area contributed by atoms with E-state index in [1.165, 1.54) is 0 Å². The first-order chi connectivity index (χ1) is 8.11. The molecule has 0 aliphatic rings. The highest BCUT2D eigenvalue weighted by atomic mass is 15.1. The van der Waals surface area contributed by atoms with Gasteiger partial charge in [0.15, 0.2) is 5.65 Å². The summed E-state index contributed by atoms with van der Waals surface area (Å²) >= 11 is 0. The molecule has 90 valence electrons. The minimum Gasteiger partial charge on any atom is -0.365 e. The molecule has 3 N–H and O–H groups in total. The van der Waals surface area contributed by atoms with E-state index < -0.39 is 0 Å². The largest absolute Gasteiger partial charge is 0.365 e. The van der Waals surface area contributed by atoms with Crippen molar-refractivity contribution in [2.24, 2.45) is 5.73 Å². The van der Waals surface area contributed by atoms with Crippen molar-refractivity contribution in [3.8, 4) is 0 Å². The fourth-order valence-electron chi connectivity index (χ4n) is 1.69. The highest BCUT2D eigenvalue weighted by Gasteiger charge is 2.16. The Morgan fingerprint density at radius 1 is 1.24 bits per heavy atom. The molecule has 0 saturated heterocycles. The van der Waals surface area contributed by atoms with E-state index >= 15 is 0 Å². The molecule has 0 atom stereocenters. The molecule has 0 bridgehead atoms. The Morgan fingerprint density at radius 2 is 2.00 bits per heavy atom. The van der Waals surface area contributed by atoms with Gasteiger partial charge in [-0.05, 0) is 38.9 Å². The highest BCUT2D eigenvalue weighted by molar-refractivity contribution is 5.71. The number of anilines is 1. The average Bonchev–Trinajstić information content (AvgIpc) is 2.28. The van der Waals surface area contributed by atoms with Crippen molar-refractivity contribution < 1.29 is 0 Å². The second-order valence-corrected chi connectivity index (χ2v) is 4.64. The topological polar surface area (TPSA) is 76.7 Å². The van der Waals surface area contributed by atoms with Crippen molar-refractivity contribution in [2.75, 3.05) is 11.9 Å². The van der Waals surface area contributed by atoms with Crippen LogP contribution in [0.5, 0.6) is 0 Å². The van der Waals surface area contributed by atoms with Crippen LogP contribution < -0.4 is 11.1 Å². The summed E-state index contributed by atoms with van der Waals surface area (Å²) in [5.74, 6) is 0.802. The Labute approximate surface area is 100 Å². The maximum atomic E-state index is 5.58. The zero-order valence-corrected chi connectivity index (χ0v) is 10.1. The van der Waals surface area contributed by atoms with Crippen LogP contribution in [0.1, 0.15) is 20.3 Å². The van der Waals surface area contributed by atoms with Crippen LogP contribution in [0.4, 0.5) is 5.82 Å². The Morgan fingerprint density at radius 3 is 2.76 bits per heavy atom. The number of nitrogens with zero attached hydrogens (tertiary/aromatic N) is 3. The molecule has 0 saturated carbocycles. The fourth-order valence-corrected chi connectivity index (χ4v) is 1.69. The predicted molar refractivity (Wildman–Crippen MR) is 68.7 cm³/mol. The van der Waals surface area contributed by atoms with Gasteiger partial charge in [0.05, 0.1) is 0 Å². The number of hydrogen-bond acceptors (Lipinski definition) is 5. The zero-order valence-electron chi connectivity index (χ0n) is 10.1. The predicted octanol–water partition coefficient (Wildman–Crippen LogP) is 1.56. The highest BCUT2D eigenvalue weighted by Crippen LogP contribution is 2.17. The molecule has 0 aliphatic heterocycles. The Hall–Kier alpha value is -1.75. The van der Waals surface area contributed by atoms with Crippen LogP contribution >= 0.6 is 0 Å². The molecule has 2 aromatic rings. The molecule has 2 heterocycles. The Bertz CT molecular complexity index is 509. The minimum absolute atomic E-state index is 0.0718. The minimum atomic E-state index is -0.0718. The van der Waals surface area contributed by atoms with Crippen molar-refractivity contribution in [1.29, 1.82) is 0 Å². The SMILES string of the molecule is CC(C)(CCN)Nc1ccc2nccnc2n1. The summed E-state index contributed by atoms with van der Waals surface area (Å²) in [5.41, 5.74) is 6.96. The van der Waals surface area contributed by atoms with E-state index in [2.05, 4.69) is 34.1 Å². The third-order valence-electron chi connectivity index (χ3n) is 2.57. The summed E-state index contributed by atoms with van der Waals surface area (Å²) in [5, 5.41) is 3.35. The molecule has 0 fully saturated rings. The number of aromatic nitrogens is 3. The van der Waals surface area contributed by atoms with E-state index in [9.17, 15) is 0 Å². The van der Waals surface area contributed by atoms with Crippen molar-refractivity contribution in [3.05, 3.63) is 24.5 Å². The number of nitrogens with two attached hydrogens (primary N) is 1. The molecule has 0 spiro atoms. The van der Waals surface area contributed by atoms with Crippen LogP contribution in [0.3, 0.4) is 0 Å². The lowest BCUT2D eigenvalue weighted by Crippen LogP contribution is -2.33. The molecule has 2 aromatic heterocycles. The van der Waals surface area contributed by atoms with Gasteiger partial charge in [0, 0.05) is 17.9 Å². The summed E-state index contributed by atoms with van der Waals surface area (Å²) in [6.07, 6.45) is 4.19. The summed E-state index contributed by atoms with van der Waals surface area (Å²) in [7, 11) is 0. The lowest BCUT2D eigenvalue weighted by Gasteiger charge is -2.26. The van der Waals surface area contributed by atoms with Crippen molar-refractivity contribution in [2.45, 2.75) is 25.8 Å². The van der Waals surface area contributed by atoms with Crippen LogP contribution in [0.15, 0.2) is 24.5 Å². The molecule has 0 aromatic carbocycles. The van der Waals surface area contributed by atoms with E-state index in [0.717, 1.165) is 17.8 Å². The third kappa shape index (κ3) is 2.88. The molecular formula is C12H17N5. The van der Waals surface area contributed by atoms with E-state index in [1.54, 1.807) is 12.4 Å². The van der Waals surface area contributed by atoms with Crippen molar-refractivity contribution >= 4 is 17.0 Å². The second kappa shape index (κ2) is 4.63. The van der Waals surface area contributed by atoms with Crippen LogP contribution in [0.2, 0.25) is 0 Å². The summed E-state index contributed by atoms with van der Waals surface area (Å²) in [6.45, 7) is 4.85. The first kappa shape index (κ1) is 11.7. The Balaban J connectivity index is 2.25. The normalized spacial score (nSPS) is 11.7. The van der Waals surface area contributed by atoms with Crippen LogP contribution in [0.25, 0.3) is 11.2 Å². The summed E-state index contributed by atoms with van der Waals surface area (Å²) < 4.78 is 0. The monoisotopic (exact) mass is 231 g/mol. The van der Waals surface area contributed by atoms with Gasteiger partial charge in [-0.25, -0.2) is 9.97 Å². The van der Waals surface area contributed by atoms with Crippen molar-refractivity contribution in [3.63, 3.8) is 0 Å². The van der Waals surface area contributed by atoms with Crippen LogP contribution in [-0.4, -0.2) is 27.0 Å². The lowest BCUT2D eigenvalue weighted by atomic mass is 10.0. The molecule has 17 heavy (non-hydrogen) atoms. The molecule has 0 amide bonds. The number of hydrogen-bond donors (Lipinski definition) is 2. The van der Waals surface area contributed by atoms with Gasteiger partial charge < -0.3 is 11.1 Å². The molecule has 0 aliphatic carbocycles. The van der Waals surface area contributed by atoms with E-state index in [0.29, 0.717) is 12.2 Å². The van der Waals surface area contributed by atoms with Gasteiger partial charge in [0.25, 0.3) is 0 Å². The van der Waals surface area contributed by atoms with Gasteiger partial charge in [0.1, 0.15) is 11.3 Å². The van der Waals surface area contributed by atoms with Gasteiger partial charge in [-0.2, -0.15) is 0 Å². The van der Waals surface area contributed by atoms with Gasteiger partial charge in [-0.1, -0.05) is 0 Å². The molecule has 0 radical (unpaired) electrons. The van der Waals surface area contributed by atoms with Gasteiger partial charge >= 0.3 is 0 Å². The second-order valence-electron chi connectivity index (χ2n) is 4.64. The average molecular weight is 231 g/mol. The van der Waals surface area contributed by atoms with Crippen LogP contribution in [-0.2, 0) is 0 Å². The van der Waals surface area contributed by atoms with Gasteiger partial charge in [0.2, 0.25) is 0 Å². The standard InChI is InChI=1S/C12H17N5/c1-12(2,5-6-13)17-10-4-3-9-11(16-10)15-8-7-14-9/h3-4,7-8H,5-6,13H2,1-2H3,(H,15,16,17). The Kier molecular flexibility index (Phi) is 3.19. The van der Waals surface area contributed by atoms with Crippen LogP contribution in [0, 0.1) is 0 Å². The van der Waals surface area contributed by atoms with E-state index in [4.69, 9.17) is 5.73 Å². The molecule has 0 unspecified atom stereocenters. The van der Waals surface area contributed by atoms with Gasteiger partial charge in [-0.15, -0.1) is 0 Å². The fraction of sp³-hybridized carbons (Fsp3) is 0.417. The first-order valence-electron chi connectivity index (χ1n) is 5.67. The number of fused-ring (bicyclic) bond motifs is 1. The molecule has 5 nitrogen and oxygen atoms in total. The van der Waals surface area contributed by atoms with E-state index in [-0.39, 0.29) is 5.54 Å².